The van der Waals surface area contributed by atoms with Crippen molar-refractivity contribution in [3.05, 3.63) is 18.3 Å². The normalized spacial score (nSPS) is 28.4. The van der Waals surface area contributed by atoms with Crippen LogP contribution in [0.5, 0.6) is 0 Å². The first-order valence-corrected chi connectivity index (χ1v) is 7.07. The molecule has 1 amide bonds. The van der Waals surface area contributed by atoms with Crippen LogP contribution in [0.15, 0.2) is 18.3 Å². The van der Waals surface area contributed by atoms with Gasteiger partial charge in [0.05, 0.1) is 11.9 Å². The van der Waals surface area contributed by atoms with Gasteiger partial charge in [-0.15, -0.1) is 0 Å². The minimum Gasteiger partial charge on any atom is -0.363 e. The average molecular weight is 259 g/mol. The van der Waals surface area contributed by atoms with E-state index in [0.717, 1.165) is 23.8 Å². The molecule has 2 bridgehead atoms. The summed E-state index contributed by atoms with van der Waals surface area (Å²) in [5.41, 5.74) is 0.804. The summed E-state index contributed by atoms with van der Waals surface area (Å²) in [6.07, 6.45) is 6.64. The van der Waals surface area contributed by atoms with Crippen molar-refractivity contribution in [1.82, 2.24) is 4.98 Å². The fraction of sp³-hybridized carbons (Fsp3) is 0.600. The van der Waals surface area contributed by atoms with Crippen molar-refractivity contribution >= 4 is 17.4 Å². The maximum Gasteiger partial charge on any atom is 0.227 e. The summed E-state index contributed by atoms with van der Waals surface area (Å²) in [6, 6.07) is 3.85. The Kier molecular flexibility index (Phi) is 3.17. The molecule has 2 fully saturated rings. The zero-order valence-electron chi connectivity index (χ0n) is 11.6. The van der Waals surface area contributed by atoms with Gasteiger partial charge in [0, 0.05) is 20.0 Å². The highest BCUT2D eigenvalue weighted by Gasteiger charge is 2.42. The van der Waals surface area contributed by atoms with Gasteiger partial charge in [-0.05, 0) is 43.2 Å². The summed E-state index contributed by atoms with van der Waals surface area (Å²) in [4.78, 5) is 18.5. The molecule has 19 heavy (non-hydrogen) atoms. The van der Waals surface area contributed by atoms with Crippen molar-refractivity contribution in [3.63, 3.8) is 0 Å². The fourth-order valence-electron chi connectivity index (χ4n) is 3.53. The van der Waals surface area contributed by atoms with Gasteiger partial charge in [-0.25, -0.2) is 4.98 Å². The molecule has 0 saturated heterocycles. The van der Waals surface area contributed by atoms with Crippen LogP contribution in [0.2, 0.25) is 0 Å². The molecule has 4 heteroatoms. The third-order valence-corrected chi connectivity index (χ3v) is 4.55. The molecule has 2 aliphatic rings. The Bertz CT molecular complexity index is 469. The molecule has 0 unspecified atom stereocenters. The number of carbonyl (C=O) groups is 1. The summed E-state index contributed by atoms with van der Waals surface area (Å²) in [7, 11) is 3.91. The molecule has 3 rings (SSSR count). The quantitative estimate of drug-likeness (QED) is 0.907. The van der Waals surface area contributed by atoms with Crippen molar-refractivity contribution in [2.24, 2.45) is 17.8 Å². The molecule has 3 atom stereocenters. The summed E-state index contributed by atoms with van der Waals surface area (Å²) in [5.74, 6) is 2.74. The standard InChI is InChI=1S/C15H21N3O/c1-18(2)14-6-5-12(9-16-14)17-15(19)13-8-10-3-4-11(13)7-10/h5-6,9-11,13H,3-4,7-8H2,1-2H3,(H,17,19)/t10-,11-,13+/m0/s1. The Labute approximate surface area is 114 Å². The molecule has 1 aromatic heterocycles. The highest BCUT2D eigenvalue weighted by Crippen LogP contribution is 2.48. The lowest BCUT2D eigenvalue weighted by atomic mass is 9.88. The molecule has 102 valence electrons. The number of carbonyl (C=O) groups excluding carboxylic acids is 1. The van der Waals surface area contributed by atoms with E-state index in [9.17, 15) is 4.79 Å². The van der Waals surface area contributed by atoms with Crippen molar-refractivity contribution in [1.29, 1.82) is 0 Å². The average Bonchev–Trinajstić information content (AvgIpc) is 3.01. The van der Waals surface area contributed by atoms with Crippen LogP contribution >= 0.6 is 0 Å². The molecular weight excluding hydrogens is 238 g/mol. The number of nitrogens with zero attached hydrogens (tertiary/aromatic N) is 2. The number of pyridine rings is 1. The molecule has 2 aliphatic carbocycles. The second kappa shape index (κ2) is 4.83. The number of aromatic nitrogens is 1. The fourth-order valence-corrected chi connectivity index (χ4v) is 3.53. The lowest BCUT2D eigenvalue weighted by Gasteiger charge is -2.20. The molecule has 1 heterocycles. The largest absolute Gasteiger partial charge is 0.363 e. The Balaban J connectivity index is 1.63. The molecule has 0 spiro atoms. The van der Waals surface area contributed by atoms with E-state index >= 15 is 0 Å². The van der Waals surface area contributed by atoms with Gasteiger partial charge in [0.15, 0.2) is 0 Å². The van der Waals surface area contributed by atoms with Crippen molar-refractivity contribution in [2.75, 3.05) is 24.3 Å². The molecule has 1 N–H and O–H groups in total. The smallest absolute Gasteiger partial charge is 0.227 e. The van der Waals surface area contributed by atoms with Crippen LogP contribution in [-0.4, -0.2) is 25.0 Å². The molecule has 2 saturated carbocycles. The summed E-state index contributed by atoms with van der Waals surface area (Å²) in [6.45, 7) is 0. The van der Waals surface area contributed by atoms with Crippen molar-refractivity contribution in [2.45, 2.75) is 25.7 Å². The van der Waals surface area contributed by atoms with Gasteiger partial charge >= 0.3 is 0 Å². The van der Waals surface area contributed by atoms with E-state index in [0.29, 0.717) is 5.92 Å². The SMILES string of the molecule is CN(C)c1ccc(NC(=O)[C@@H]2C[C@H]3CC[C@H]2C3)cn1. The maximum atomic E-state index is 12.3. The summed E-state index contributed by atoms with van der Waals surface area (Å²) in [5, 5.41) is 3.01. The van der Waals surface area contributed by atoms with Gasteiger partial charge in [0.2, 0.25) is 5.91 Å². The van der Waals surface area contributed by atoms with Crippen molar-refractivity contribution in [3.8, 4) is 0 Å². The number of anilines is 2. The van der Waals surface area contributed by atoms with Crippen LogP contribution in [0.4, 0.5) is 11.5 Å². The van der Waals surface area contributed by atoms with Crippen LogP contribution in [-0.2, 0) is 4.79 Å². The Morgan fingerprint density at radius 2 is 2.16 bits per heavy atom. The van der Waals surface area contributed by atoms with Gasteiger partial charge < -0.3 is 10.2 Å². The van der Waals surface area contributed by atoms with Gasteiger partial charge in [-0.3, -0.25) is 4.79 Å². The lowest BCUT2D eigenvalue weighted by molar-refractivity contribution is -0.121. The number of nitrogens with one attached hydrogen (secondary N) is 1. The third kappa shape index (κ3) is 2.44. The second-order valence-corrected chi connectivity index (χ2v) is 6.07. The number of fused-ring (bicyclic) bond motifs is 2. The van der Waals surface area contributed by atoms with E-state index in [1.54, 1.807) is 6.20 Å². The monoisotopic (exact) mass is 259 g/mol. The van der Waals surface area contributed by atoms with Gasteiger partial charge in [-0.1, -0.05) is 6.42 Å². The Morgan fingerprint density at radius 1 is 1.32 bits per heavy atom. The summed E-state index contributed by atoms with van der Waals surface area (Å²) < 4.78 is 0. The molecule has 0 aromatic carbocycles. The van der Waals surface area contributed by atoms with Crippen LogP contribution in [0.25, 0.3) is 0 Å². The molecular formula is C15H21N3O. The van der Waals surface area contributed by atoms with Crippen LogP contribution < -0.4 is 10.2 Å². The molecule has 0 aliphatic heterocycles. The van der Waals surface area contributed by atoms with Gasteiger partial charge in [-0.2, -0.15) is 0 Å². The molecule has 4 nitrogen and oxygen atoms in total. The van der Waals surface area contributed by atoms with Gasteiger partial charge in [0.1, 0.15) is 5.82 Å². The van der Waals surface area contributed by atoms with Crippen molar-refractivity contribution < 1.29 is 4.79 Å². The minimum absolute atomic E-state index is 0.187. The first kappa shape index (κ1) is 12.5. The van der Waals surface area contributed by atoms with Crippen LogP contribution in [0.3, 0.4) is 0 Å². The first-order chi connectivity index (χ1) is 9.13. The van der Waals surface area contributed by atoms with Crippen LogP contribution in [0, 0.1) is 17.8 Å². The number of hydrogen-bond acceptors (Lipinski definition) is 3. The Hall–Kier alpha value is -1.58. The predicted molar refractivity (Wildman–Crippen MR) is 76.1 cm³/mol. The van der Waals surface area contributed by atoms with E-state index in [-0.39, 0.29) is 11.8 Å². The van der Waals surface area contributed by atoms with Crippen LogP contribution in [0.1, 0.15) is 25.7 Å². The highest BCUT2D eigenvalue weighted by molar-refractivity contribution is 5.93. The number of rotatable bonds is 3. The second-order valence-electron chi connectivity index (χ2n) is 6.07. The minimum atomic E-state index is 0.187. The maximum absolute atomic E-state index is 12.3. The number of amides is 1. The van der Waals surface area contributed by atoms with E-state index < -0.39 is 0 Å². The molecule has 1 aromatic rings. The van der Waals surface area contributed by atoms with E-state index in [1.165, 1.54) is 19.3 Å². The third-order valence-electron chi connectivity index (χ3n) is 4.55. The zero-order valence-corrected chi connectivity index (χ0v) is 11.6. The Morgan fingerprint density at radius 3 is 2.68 bits per heavy atom. The molecule has 0 radical (unpaired) electrons. The number of hydrogen-bond donors (Lipinski definition) is 1. The topological polar surface area (TPSA) is 45.2 Å². The predicted octanol–water partition coefficient (Wildman–Crippen LogP) is 2.52. The van der Waals surface area contributed by atoms with E-state index in [1.807, 2.05) is 31.1 Å². The first-order valence-electron chi connectivity index (χ1n) is 7.07. The lowest BCUT2D eigenvalue weighted by Crippen LogP contribution is -2.27. The van der Waals surface area contributed by atoms with Gasteiger partial charge in [0.25, 0.3) is 0 Å². The van der Waals surface area contributed by atoms with E-state index in [2.05, 4.69) is 10.3 Å². The summed E-state index contributed by atoms with van der Waals surface area (Å²) >= 11 is 0. The van der Waals surface area contributed by atoms with E-state index in [4.69, 9.17) is 0 Å². The zero-order chi connectivity index (χ0) is 13.4. The highest BCUT2D eigenvalue weighted by atomic mass is 16.1.